The van der Waals surface area contributed by atoms with E-state index in [1.165, 1.54) is 0 Å². The van der Waals surface area contributed by atoms with Gasteiger partial charge in [-0.2, -0.15) is 5.10 Å². The highest BCUT2D eigenvalue weighted by Crippen LogP contribution is 2.30. The van der Waals surface area contributed by atoms with Crippen LogP contribution in [0.2, 0.25) is 0 Å². The second kappa shape index (κ2) is 7.12. The summed E-state index contributed by atoms with van der Waals surface area (Å²) in [7, 11) is 1.93. The Morgan fingerprint density at radius 2 is 2.18 bits per heavy atom. The average molecular weight is 378 g/mol. The van der Waals surface area contributed by atoms with Crippen molar-refractivity contribution >= 4 is 33.4 Å². The molecule has 1 aromatic carbocycles. The Labute approximate surface area is 161 Å². The van der Waals surface area contributed by atoms with Crippen LogP contribution in [0, 0.1) is 5.92 Å². The Morgan fingerprint density at radius 3 is 3.07 bits per heavy atom. The molecule has 0 amide bonds. The minimum Gasteiger partial charge on any atom is -0.476 e. The van der Waals surface area contributed by atoms with Gasteiger partial charge < -0.3 is 14.8 Å². The van der Waals surface area contributed by atoms with E-state index in [2.05, 4.69) is 25.6 Å². The van der Waals surface area contributed by atoms with Crippen LogP contribution in [0.4, 0.5) is 11.5 Å². The molecule has 28 heavy (non-hydrogen) atoms. The zero-order valence-electron chi connectivity index (χ0n) is 15.7. The number of H-pyrrole nitrogens is 1. The van der Waals surface area contributed by atoms with Crippen molar-refractivity contribution < 1.29 is 9.47 Å². The van der Waals surface area contributed by atoms with E-state index in [4.69, 9.17) is 9.47 Å². The van der Waals surface area contributed by atoms with E-state index in [1.54, 1.807) is 6.20 Å². The van der Waals surface area contributed by atoms with Crippen LogP contribution in [-0.4, -0.2) is 44.8 Å². The number of aromatic amines is 1. The molecule has 0 radical (unpaired) electrons. The van der Waals surface area contributed by atoms with E-state index in [0.717, 1.165) is 53.7 Å². The van der Waals surface area contributed by atoms with Gasteiger partial charge in [0.1, 0.15) is 5.52 Å². The molecule has 1 aliphatic heterocycles. The molecular weight excluding hydrogens is 356 g/mol. The minimum absolute atomic E-state index is 0.534. The number of anilines is 2. The van der Waals surface area contributed by atoms with Gasteiger partial charge in [0.05, 0.1) is 23.0 Å². The summed E-state index contributed by atoms with van der Waals surface area (Å²) in [5.41, 5.74) is 3.63. The molecule has 0 saturated carbocycles. The van der Waals surface area contributed by atoms with Crippen LogP contribution in [0.1, 0.15) is 12.8 Å². The first-order chi connectivity index (χ1) is 13.8. The van der Waals surface area contributed by atoms with Crippen molar-refractivity contribution in [2.45, 2.75) is 12.8 Å². The van der Waals surface area contributed by atoms with Crippen LogP contribution < -0.4 is 10.1 Å². The Balaban J connectivity index is 1.38. The largest absolute Gasteiger partial charge is 0.476 e. The highest BCUT2D eigenvalue weighted by Gasteiger charge is 2.17. The molecule has 4 aromatic rings. The van der Waals surface area contributed by atoms with E-state index < -0.39 is 0 Å². The lowest BCUT2D eigenvalue weighted by Gasteiger charge is -2.21. The smallest absolute Gasteiger partial charge is 0.240 e. The number of aromatic nitrogens is 5. The zero-order valence-corrected chi connectivity index (χ0v) is 15.7. The quantitative estimate of drug-likeness (QED) is 0.553. The van der Waals surface area contributed by atoms with Crippen molar-refractivity contribution in [3.05, 3.63) is 36.5 Å². The molecule has 144 valence electrons. The fourth-order valence-electron chi connectivity index (χ4n) is 3.60. The first-order valence-corrected chi connectivity index (χ1v) is 9.51. The fourth-order valence-corrected chi connectivity index (χ4v) is 3.60. The molecule has 1 fully saturated rings. The van der Waals surface area contributed by atoms with Crippen molar-refractivity contribution in [1.29, 1.82) is 0 Å². The lowest BCUT2D eigenvalue weighted by Crippen LogP contribution is -2.21. The molecule has 0 bridgehead atoms. The summed E-state index contributed by atoms with van der Waals surface area (Å²) in [5.74, 6) is 1.92. The van der Waals surface area contributed by atoms with E-state index in [1.807, 2.05) is 42.1 Å². The molecule has 0 spiro atoms. The molecule has 1 aliphatic rings. The maximum atomic E-state index is 6.05. The van der Waals surface area contributed by atoms with Gasteiger partial charge in [-0.15, -0.1) is 5.10 Å². The fraction of sp³-hybridized carbons (Fsp3) is 0.350. The Bertz CT molecular complexity index is 1110. The van der Waals surface area contributed by atoms with E-state index in [9.17, 15) is 0 Å². The van der Waals surface area contributed by atoms with Gasteiger partial charge in [-0.1, -0.05) is 0 Å². The van der Waals surface area contributed by atoms with Crippen molar-refractivity contribution in [2.24, 2.45) is 13.0 Å². The lowest BCUT2D eigenvalue weighted by atomic mass is 10.0. The summed E-state index contributed by atoms with van der Waals surface area (Å²) in [6.07, 6.45) is 3.85. The molecule has 0 atom stereocenters. The van der Waals surface area contributed by atoms with Crippen LogP contribution in [0.5, 0.6) is 5.88 Å². The van der Waals surface area contributed by atoms with Gasteiger partial charge in [0.15, 0.2) is 5.82 Å². The van der Waals surface area contributed by atoms with E-state index in [0.29, 0.717) is 24.2 Å². The normalized spacial score (nSPS) is 15.3. The molecular formula is C20H22N6O2. The Morgan fingerprint density at radius 1 is 1.29 bits per heavy atom. The van der Waals surface area contributed by atoms with Gasteiger partial charge in [-0.25, -0.2) is 0 Å². The summed E-state index contributed by atoms with van der Waals surface area (Å²) >= 11 is 0. The monoisotopic (exact) mass is 378 g/mol. The van der Waals surface area contributed by atoms with Gasteiger partial charge >= 0.3 is 0 Å². The molecule has 3 aromatic heterocycles. The van der Waals surface area contributed by atoms with Crippen molar-refractivity contribution in [1.82, 2.24) is 25.0 Å². The highest BCUT2D eigenvalue weighted by atomic mass is 16.5. The number of ether oxygens (including phenoxy) is 2. The zero-order chi connectivity index (χ0) is 18.9. The summed E-state index contributed by atoms with van der Waals surface area (Å²) in [6.45, 7) is 2.33. The maximum Gasteiger partial charge on any atom is 0.240 e. The van der Waals surface area contributed by atoms with Crippen molar-refractivity contribution in [3.8, 4) is 5.88 Å². The van der Waals surface area contributed by atoms with Gasteiger partial charge in [0, 0.05) is 32.1 Å². The van der Waals surface area contributed by atoms with E-state index >= 15 is 0 Å². The predicted molar refractivity (Wildman–Crippen MR) is 107 cm³/mol. The molecule has 0 aliphatic carbocycles. The second-order valence-electron chi connectivity index (χ2n) is 7.12. The summed E-state index contributed by atoms with van der Waals surface area (Å²) in [6, 6.07) is 9.93. The third kappa shape index (κ3) is 3.16. The highest BCUT2D eigenvalue weighted by molar-refractivity contribution is 5.91. The lowest BCUT2D eigenvalue weighted by molar-refractivity contribution is 0.0492. The summed E-state index contributed by atoms with van der Waals surface area (Å²) in [4.78, 5) is 4.39. The number of nitrogens with one attached hydrogen (secondary N) is 2. The number of rotatable bonds is 5. The molecule has 5 rings (SSSR count). The molecule has 4 heterocycles. The average Bonchev–Trinajstić information content (AvgIpc) is 3.28. The maximum absolute atomic E-state index is 6.05. The number of hydrogen-bond donors (Lipinski definition) is 2. The topological polar surface area (TPSA) is 89.9 Å². The number of nitrogens with zero attached hydrogens (tertiary/aromatic N) is 4. The van der Waals surface area contributed by atoms with Crippen molar-refractivity contribution in [3.63, 3.8) is 0 Å². The van der Waals surface area contributed by atoms with Crippen LogP contribution in [0.25, 0.3) is 21.9 Å². The number of aryl methyl sites for hydroxylation is 1. The summed E-state index contributed by atoms with van der Waals surface area (Å²) in [5, 5.41) is 16.2. The standard InChI is InChI=1S/C20H22N6O2/c1-26-17-11-14(22-19-18-16(23-24-19)3-2-8-21-18)4-5-15(17)20(25-26)28-12-13-6-9-27-10-7-13/h2-5,8,11,13H,6-7,9-10,12H2,1H3,(H2,22,23,24). The molecule has 2 N–H and O–H groups in total. The van der Waals surface area contributed by atoms with Gasteiger partial charge in [0.2, 0.25) is 5.88 Å². The number of hydrogen-bond acceptors (Lipinski definition) is 6. The van der Waals surface area contributed by atoms with Gasteiger partial charge in [-0.3, -0.25) is 14.8 Å². The molecule has 0 unspecified atom stereocenters. The van der Waals surface area contributed by atoms with Crippen LogP contribution in [0.15, 0.2) is 36.5 Å². The third-order valence-corrected chi connectivity index (χ3v) is 5.20. The SMILES string of the molecule is Cn1nc(OCC2CCOCC2)c2ccc(Nc3n[nH]c4cccnc34)cc21. The first kappa shape index (κ1) is 17.0. The van der Waals surface area contributed by atoms with Crippen LogP contribution >= 0.6 is 0 Å². The van der Waals surface area contributed by atoms with Crippen LogP contribution in [0.3, 0.4) is 0 Å². The predicted octanol–water partition coefficient (Wildman–Crippen LogP) is 3.39. The minimum atomic E-state index is 0.534. The van der Waals surface area contributed by atoms with Crippen molar-refractivity contribution in [2.75, 3.05) is 25.1 Å². The number of pyridine rings is 1. The van der Waals surface area contributed by atoms with Gasteiger partial charge in [0.25, 0.3) is 0 Å². The van der Waals surface area contributed by atoms with Gasteiger partial charge in [-0.05, 0) is 49.1 Å². The number of benzene rings is 1. The van der Waals surface area contributed by atoms with Crippen LogP contribution in [-0.2, 0) is 11.8 Å². The molecule has 8 nitrogen and oxygen atoms in total. The van der Waals surface area contributed by atoms with E-state index in [-0.39, 0.29) is 0 Å². The Kier molecular flexibility index (Phi) is 4.32. The number of fused-ring (bicyclic) bond motifs is 2. The second-order valence-corrected chi connectivity index (χ2v) is 7.12. The third-order valence-electron chi connectivity index (χ3n) is 5.20. The first-order valence-electron chi connectivity index (χ1n) is 9.51. The molecule has 8 heteroatoms. The summed E-state index contributed by atoms with van der Waals surface area (Å²) < 4.78 is 13.3. The Hall–Kier alpha value is -3.13. The molecule has 1 saturated heterocycles.